The molecule has 1 amide bonds. The van der Waals surface area contributed by atoms with Crippen LogP contribution in [0.4, 0.5) is 5.69 Å². The molecule has 4 rings (SSSR count). The van der Waals surface area contributed by atoms with Gasteiger partial charge in [0.1, 0.15) is 11.4 Å². The van der Waals surface area contributed by atoms with Crippen molar-refractivity contribution in [2.75, 3.05) is 19.0 Å². The predicted molar refractivity (Wildman–Crippen MR) is 126 cm³/mol. The molecule has 0 radical (unpaired) electrons. The molecule has 0 bridgehead atoms. The number of guanidine groups is 1. The number of amides is 1. The van der Waals surface area contributed by atoms with Gasteiger partial charge in [0.05, 0.1) is 12.8 Å². The summed E-state index contributed by atoms with van der Waals surface area (Å²) in [7, 11) is 1.66. The maximum absolute atomic E-state index is 12.9. The fourth-order valence-electron chi connectivity index (χ4n) is 4.37. The molecule has 32 heavy (non-hydrogen) atoms. The minimum Gasteiger partial charge on any atom is -0.497 e. The van der Waals surface area contributed by atoms with E-state index in [0.29, 0.717) is 19.0 Å². The molecule has 1 aromatic carbocycles. The van der Waals surface area contributed by atoms with Gasteiger partial charge < -0.3 is 25.7 Å². The number of benzene rings is 1. The Bertz CT molecular complexity index is 1080. The van der Waals surface area contributed by atoms with E-state index in [0.717, 1.165) is 53.7 Å². The molecule has 2 aromatic heterocycles. The Kier molecular flexibility index (Phi) is 6.58. The van der Waals surface area contributed by atoms with Gasteiger partial charge in [-0.15, -0.1) is 0 Å². The number of nitrogens with one attached hydrogen (secondary N) is 3. The Morgan fingerprint density at radius 3 is 2.62 bits per heavy atom. The zero-order valence-corrected chi connectivity index (χ0v) is 18.3. The van der Waals surface area contributed by atoms with Gasteiger partial charge in [-0.25, -0.2) is 4.98 Å². The van der Waals surface area contributed by atoms with Crippen molar-refractivity contribution in [2.24, 2.45) is 17.6 Å². The highest BCUT2D eigenvalue weighted by molar-refractivity contribution is 6.01. The topological polar surface area (TPSA) is 118 Å². The lowest BCUT2D eigenvalue weighted by Crippen LogP contribution is -2.36. The second-order valence-corrected chi connectivity index (χ2v) is 8.39. The molecule has 0 saturated heterocycles. The quantitative estimate of drug-likeness (QED) is 0.336. The van der Waals surface area contributed by atoms with Gasteiger partial charge in [0.15, 0.2) is 5.96 Å². The van der Waals surface area contributed by atoms with E-state index in [1.54, 1.807) is 13.3 Å². The monoisotopic (exact) mass is 434 g/mol. The van der Waals surface area contributed by atoms with Gasteiger partial charge >= 0.3 is 0 Å². The second kappa shape index (κ2) is 9.72. The van der Waals surface area contributed by atoms with E-state index in [2.05, 4.69) is 20.2 Å². The van der Waals surface area contributed by atoms with E-state index in [1.165, 1.54) is 0 Å². The number of nitrogens with two attached hydrogens (primary N) is 1. The van der Waals surface area contributed by atoms with E-state index in [-0.39, 0.29) is 17.8 Å². The van der Waals surface area contributed by atoms with Gasteiger partial charge in [-0.3, -0.25) is 10.2 Å². The van der Waals surface area contributed by atoms with Crippen molar-refractivity contribution in [3.05, 3.63) is 54.4 Å². The minimum absolute atomic E-state index is 0.00509. The summed E-state index contributed by atoms with van der Waals surface area (Å²) in [4.78, 5) is 17.5. The van der Waals surface area contributed by atoms with Crippen LogP contribution < -0.4 is 21.1 Å². The van der Waals surface area contributed by atoms with Crippen molar-refractivity contribution in [3.8, 4) is 5.75 Å². The number of fused-ring (bicyclic) bond motifs is 1. The van der Waals surface area contributed by atoms with E-state index in [1.807, 2.05) is 42.6 Å². The molecule has 0 spiro atoms. The zero-order valence-electron chi connectivity index (χ0n) is 18.3. The van der Waals surface area contributed by atoms with Crippen molar-refractivity contribution in [3.63, 3.8) is 0 Å². The predicted octanol–water partition coefficient (Wildman–Crippen LogP) is 3.32. The summed E-state index contributed by atoms with van der Waals surface area (Å²) >= 11 is 0. The molecule has 2 heterocycles. The van der Waals surface area contributed by atoms with Gasteiger partial charge in [0, 0.05) is 36.8 Å². The lowest BCUT2D eigenvalue weighted by atomic mass is 9.81. The number of ether oxygens (including phenoxy) is 1. The molecule has 168 valence electrons. The lowest BCUT2D eigenvalue weighted by Gasteiger charge is -2.28. The number of carbonyl (C=O) groups excluding carboxylic acids is 1. The fourth-order valence-corrected chi connectivity index (χ4v) is 4.37. The van der Waals surface area contributed by atoms with Crippen molar-refractivity contribution >= 4 is 28.6 Å². The minimum atomic E-state index is 0.00509. The highest BCUT2D eigenvalue weighted by atomic mass is 16.5. The Morgan fingerprint density at radius 1 is 1.19 bits per heavy atom. The van der Waals surface area contributed by atoms with E-state index in [4.69, 9.17) is 15.9 Å². The highest BCUT2D eigenvalue weighted by Gasteiger charge is 2.26. The fraction of sp³-hybridized carbons (Fsp3) is 0.375. The van der Waals surface area contributed by atoms with Gasteiger partial charge in [0.25, 0.3) is 0 Å². The first-order valence-corrected chi connectivity index (χ1v) is 11.0. The first kappa shape index (κ1) is 21.7. The number of rotatable bonds is 7. The van der Waals surface area contributed by atoms with Crippen LogP contribution in [-0.2, 0) is 11.3 Å². The Hall–Kier alpha value is -3.55. The van der Waals surface area contributed by atoms with Crippen LogP contribution in [0.25, 0.3) is 11.0 Å². The van der Waals surface area contributed by atoms with Gasteiger partial charge in [-0.05, 0) is 61.4 Å². The van der Waals surface area contributed by atoms with Crippen molar-refractivity contribution < 1.29 is 9.53 Å². The lowest BCUT2D eigenvalue weighted by molar-refractivity contribution is -0.121. The smallest absolute Gasteiger partial charge is 0.227 e. The molecular weight excluding hydrogens is 404 g/mol. The third-order valence-corrected chi connectivity index (χ3v) is 6.23. The van der Waals surface area contributed by atoms with Gasteiger partial charge in [-0.2, -0.15) is 0 Å². The number of nitrogens with zero attached hydrogens (tertiary/aromatic N) is 2. The van der Waals surface area contributed by atoms with E-state index >= 15 is 0 Å². The van der Waals surface area contributed by atoms with Crippen molar-refractivity contribution in [2.45, 2.75) is 32.2 Å². The molecule has 0 unspecified atom stereocenters. The number of hydrogen-bond acceptors (Lipinski definition) is 4. The molecule has 8 heteroatoms. The molecule has 5 N–H and O–H groups in total. The van der Waals surface area contributed by atoms with Crippen LogP contribution in [0.5, 0.6) is 5.75 Å². The highest BCUT2D eigenvalue weighted by Crippen LogP contribution is 2.30. The number of carbonyl (C=O) groups is 1. The molecule has 0 aliphatic heterocycles. The number of hydrogen-bond donors (Lipinski definition) is 4. The Balaban J connectivity index is 1.40. The maximum atomic E-state index is 12.9. The van der Waals surface area contributed by atoms with Crippen LogP contribution in [-0.4, -0.2) is 35.1 Å². The third kappa shape index (κ3) is 5.01. The Labute approximate surface area is 187 Å². The number of methoxy groups -OCH3 is 1. The summed E-state index contributed by atoms with van der Waals surface area (Å²) in [5.41, 5.74) is 8.16. The van der Waals surface area contributed by atoms with Crippen LogP contribution >= 0.6 is 0 Å². The summed E-state index contributed by atoms with van der Waals surface area (Å²) in [5.74, 6) is 1.37. The van der Waals surface area contributed by atoms with Crippen LogP contribution in [0.2, 0.25) is 0 Å². The molecule has 1 saturated carbocycles. The largest absolute Gasteiger partial charge is 0.497 e. The standard InChI is InChI=1S/C24H30N6O2/c1-32-19-8-4-17(5-9-19)15-30-13-11-20-21(10-12-27-22(20)30)29-23(31)18-6-2-16(3-7-18)14-28-24(25)26/h4-5,8-13,16,18H,2-3,6-7,14-15H2,1H3,(H4,25,26,28)(H,27,29,31). The first-order valence-electron chi connectivity index (χ1n) is 11.0. The molecule has 3 aromatic rings. The van der Waals surface area contributed by atoms with Crippen molar-refractivity contribution in [1.82, 2.24) is 14.9 Å². The molecule has 1 fully saturated rings. The SMILES string of the molecule is COc1ccc(Cn2ccc3c(NC(=O)C4CCC(CNC(=N)N)CC4)ccnc32)cc1. The van der Waals surface area contributed by atoms with Crippen LogP contribution in [0.15, 0.2) is 48.8 Å². The molecular formula is C24H30N6O2. The van der Waals surface area contributed by atoms with E-state index < -0.39 is 0 Å². The van der Waals surface area contributed by atoms with Crippen LogP contribution in [0.1, 0.15) is 31.2 Å². The first-order chi connectivity index (χ1) is 15.5. The van der Waals surface area contributed by atoms with Gasteiger partial charge in [0.2, 0.25) is 5.91 Å². The summed E-state index contributed by atoms with van der Waals surface area (Å²) in [6.07, 6.45) is 7.37. The summed E-state index contributed by atoms with van der Waals surface area (Å²) < 4.78 is 7.31. The second-order valence-electron chi connectivity index (χ2n) is 8.39. The number of anilines is 1. The number of aromatic nitrogens is 2. The summed E-state index contributed by atoms with van der Waals surface area (Å²) in [6.45, 7) is 1.40. The van der Waals surface area contributed by atoms with Gasteiger partial charge in [-0.1, -0.05) is 12.1 Å². The Morgan fingerprint density at radius 2 is 1.94 bits per heavy atom. The average Bonchev–Trinajstić information content (AvgIpc) is 3.22. The number of pyridine rings is 1. The molecule has 1 aliphatic rings. The van der Waals surface area contributed by atoms with Crippen molar-refractivity contribution in [1.29, 1.82) is 5.41 Å². The summed E-state index contributed by atoms with van der Waals surface area (Å²) in [6, 6.07) is 11.8. The van der Waals surface area contributed by atoms with Crippen LogP contribution in [0.3, 0.4) is 0 Å². The average molecular weight is 435 g/mol. The van der Waals surface area contributed by atoms with Crippen LogP contribution in [0, 0.1) is 17.2 Å². The third-order valence-electron chi connectivity index (χ3n) is 6.23. The maximum Gasteiger partial charge on any atom is 0.227 e. The normalized spacial score (nSPS) is 18.3. The molecule has 1 aliphatic carbocycles. The van der Waals surface area contributed by atoms with E-state index in [9.17, 15) is 4.79 Å². The molecule has 0 atom stereocenters. The zero-order chi connectivity index (χ0) is 22.5. The molecule has 8 nitrogen and oxygen atoms in total. The summed E-state index contributed by atoms with van der Waals surface area (Å²) in [5, 5.41) is 14.2.